The molecule has 0 saturated carbocycles. The van der Waals surface area contributed by atoms with Crippen molar-refractivity contribution in [2.75, 3.05) is 39.6 Å². The molecule has 0 aliphatic rings. The van der Waals surface area contributed by atoms with Gasteiger partial charge in [0, 0.05) is 25.7 Å². The van der Waals surface area contributed by atoms with E-state index < -0.39 is 97.5 Å². The fraction of sp³-hybridized carbons (Fsp3) is 0.882. The summed E-state index contributed by atoms with van der Waals surface area (Å²) < 4.78 is 68.1. The second kappa shape index (κ2) is 58.6. The second-order valence-electron chi connectivity index (χ2n) is 25.1. The second-order valence-corrected chi connectivity index (χ2v) is 28.0. The third kappa shape index (κ3) is 60.9. The molecule has 0 aromatic heterocycles. The van der Waals surface area contributed by atoms with Gasteiger partial charge in [0.25, 0.3) is 0 Å². The first-order chi connectivity index (χ1) is 41.8. The van der Waals surface area contributed by atoms with E-state index in [4.69, 9.17) is 37.0 Å². The zero-order valence-electron chi connectivity index (χ0n) is 56.0. The molecule has 0 aliphatic carbocycles. The number of allylic oxidation sites excluding steroid dienone is 4. The summed E-state index contributed by atoms with van der Waals surface area (Å²) in [7, 11) is -9.91. The molecular formula is C68H128O17P2. The Morgan fingerprint density at radius 3 is 1.02 bits per heavy atom. The van der Waals surface area contributed by atoms with Crippen LogP contribution in [0.2, 0.25) is 0 Å². The van der Waals surface area contributed by atoms with Crippen molar-refractivity contribution in [3.63, 3.8) is 0 Å². The fourth-order valence-corrected chi connectivity index (χ4v) is 11.2. The van der Waals surface area contributed by atoms with Crippen LogP contribution in [0.5, 0.6) is 0 Å². The maximum atomic E-state index is 13.0. The normalized spacial score (nSPS) is 14.8. The predicted molar refractivity (Wildman–Crippen MR) is 349 cm³/mol. The molecule has 87 heavy (non-hydrogen) atoms. The van der Waals surface area contributed by atoms with Gasteiger partial charge in [0.05, 0.1) is 26.4 Å². The van der Waals surface area contributed by atoms with Gasteiger partial charge in [-0.15, -0.1) is 0 Å². The molecule has 0 aromatic carbocycles. The maximum absolute atomic E-state index is 13.0. The van der Waals surface area contributed by atoms with Crippen molar-refractivity contribution in [3.8, 4) is 0 Å². The number of hydrogen-bond donors (Lipinski definition) is 3. The minimum atomic E-state index is -4.96. The third-order valence-corrected chi connectivity index (χ3v) is 17.3. The molecule has 19 heteroatoms. The van der Waals surface area contributed by atoms with Crippen LogP contribution in [0.3, 0.4) is 0 Å². The summed E-state index contributed by atoms with van der Waals surface area (Å²) in [6.45, 7) is 11.6. The molecule has 0 aliphatic heterocycles. The first-order valence-electron chi connectivity index (χ1n) is 34.7. The highest BCUT2D eigenvalue weighted by Gasteiger charge is 2.30. The number of carbonyl (C=O) groups excluding carboxylic acids is 4. The van der Waals surface area contributed by atoms with Gasteiger partial charge in [-0.2, -0.15) is 0 Å². The average Bonchev–Trinajstić information content (AvgIpc) is 3.54. The number of carbonyl (C=O) groups is 4. The lowest BCUT2D eigenvalue weighted by molar-refractivity contribution is -0.161. The maximum Gasteiger partial charge on any atom is 0.472 e. The fourth-order valence-electron chi connectivity index (χ4n) is 9.61. The molecule has 0 heterocycles. The summed E-state index contributed by atoms with van der Waals surface area (Å²) >= 11 is 0. The van der Waals surface area contributed by atoms with Gasteiger partial charge in [0.15, 0.2) is 12.2 Å². The van der Waals surface area contributed by atoms with Crippen LogP contribution in [-0.2, 0) is 65.4 Å². The lowest BCUT2D eigenvalue weighted by Gasteiger charge is -2.21. The zero-order chi connectivity index (χ0) is 64.5. The monoisotopic (exact) mass is 1280 g/mol. The molecule has 0 saturated heterocycles. The van der Waals surface area contributed by atoms with E-state index in [1.54, 1.807) is 0 Å². The van der Waals surface area contributed by atoms with E-state index in [0.29, 0.717) is 31.6 Å². The molecule has 3 unspecified atom stereocenters. The van der Waals surface area contributed by atoms with Gasteiger partial charge in [0.2, 0.25) is 0 Å². The molecule has 0 aromatic rings. The minimum Gasteiger partial charge on any atom is -0.462 e. The van der Waals surface area contributed by atoms with Crippen molar-refractivity contribution in [3.05, 3.63) is 24.3 Å². The average molecular weight is 1280 g/mol. The van der Waals surface area contributed by atoms with Crippen LogP contribution >= 0.6 is 15.6 Å². The Bertz CT molecular complexity index is 1810. The largest absolute Gasteiger partial charge is 0.472 e. The first kappa shape index (κ1) is 84.5. The number of esters is 4. The van der Waals surface area contributed by atoms with Crippen molar-refractivity contribution in [1.82, 2.24) is 0 Å². The Balaban J connectivity index is 5.29. The zero-order valence-corrected chi connectivity index (χ0v) is 57.7. The molecule has 3 N–H and O–H groups in total. The number of rotatable bonds is 64. The highest BCUT2D eigenvalue weighted by atomic mass is 31.2. The lowest BCUT2D eigenvalue weighted by Crippen LogP contribution is -2.30. The molecule has 0 fully saturated rings. The standard InChI is InChI=1S/C68H128O17P2/c1-8-10-11-12-13-14-15-16-17-18-19-22-27-37-44-51-67(72)84-63(55-78-65(70)49-42-35-29-24-26-33-40-47-60(5)6)57-82-86(74,75)80-53-62(69)54-81-87(76,77)83-58-64(56-79-66(71)50-43-36-31-30-34-41-48-61(7)9-2)85-68(73)52-45-38-28-23-20-21-25-32-39-46-59(3)4/h14-17,59-64,69H,8-13,18-58H2,1-7H3,(H,74,75)(H,76,77)/b15-14-,17-16-/t61?,62-,63-,64-/m1/s1. The Hall–Kier alpha value is -2.46. The van der Waals surface area contributed by atoms with E-state index in [1.165, 1.54) is 96.3 Å². The summed E-state index contributed by atoms with van der Waals surface area (Å²) in [5, 5.41) is 10.6. The quantitative estimate of drug-likeness (QED) is 0.0169. The molecule has 6 atom stereocenters. The van der Waals surface area contributed by atoms with Crippen LogP contribution in [-0.4, -0.2) is 96.7 Å². The lowest BCUT2D eigenvalue weighted by atomic mass is 10.00. The Labute approximate surface area is 529 Å². The van der Waals surface area contributed by atoms with E-state index in [1.807, 2.05) is 0 Å². The van der Waals surface area contributed by atoms with Crippen molar-refractivity contribution >= 4 is 39.5 Å². The third-order valence-electron chi connectivity index (χ3n) is 15.4. The summed E-state index contributed by atoms with van der Waals surface area (Å²) in [5.74, 6) is 0.00262. The molecule has 512 valence electrons. The number of aliphatic hydroxyl groups is 1. The van der Waals surface area contributed by atoms with Gasteiger partial charge >= 0.3 is 39.5 Å². The van der Waals surface area contributed by atoms with Crippen molar-refractivity contribution in [1.29, 1.82) is 0 Å². The van der Waals surface area contributed by atoms with Crippen LogP contribution < -0.4 is 0 Å². The van der Waals surface area contributed by atoms with Crippen LogP contribution in [0.1, 0.15) is 312 Å². The Kier molecular flexibility index (Phi) is 57.0. The summed E-state index contributed by atoms with van der Waals surface area (Å²) in [5.41, 5.74) is 0. The van der Waals surface area contributed by atoms with E-state index in [-0.39, 0.29) is 25.7 Å². The highest BCUT2D eigenvalue weighted by molar-refractivity contribution is 7.47. The topological polar surface area (TPSA) is 237 Å². The summed E-state index contributed by atoms with van der Waals surface area (Å²) in [4.78, 5) is 72.4. The van der Waals surface area contributed by atoms with Gasteiger partial charge in [-0.3, -0.25) is 37.3 Å². The van der Waals surface area contributed by atoms with E-state index in [9.17, 15) is 43.2 Å². The molecule has 0 radical (unpaired) electrons. The molecule has 0 spiro atoms. The number of phosphoric acid groups is 2. The SMILES string of the molecule is CCCCCC/C=C\C=C/CCCCCCCC(=O)O[C@H](COC(=O)CCCCCCCCCC(C)C)COP(=O)(O)OC[C@@H](O)COP(=O)(O)OC[C@@H](COC(=O)CCCCCCCCC(C)CC)OC(=O)CCCCCCCCCCCC(C)C. The molecule has 0 rings (SSSR count). The van der Waals surface area contributed by atoms with Gasteiger partial charge in [-0.05, 0) is 69.1 Å². The number of unbranched alkanes of at least 4 members (excludes halogenated alkanes) is 28. The van der Waals surface area contributed by atoms with Crippen LogP contribution in [0.4, 0.5) is 0 Å². The Morgan fingerprint density at radius 1 is 0.379 bits per heavy atom. The van der Waals surface area contributed by atoms with E-state index in [0.717, 1.165) is 127 Å². The summed E-state index contributed by atoms with van der Waals surface area (Å²) in [6.07, 6.45) is 44.0. The van der Waals surface area contributed by atoms with E-state index in [2.05, 4.69) is 72.8 Å². The molecule has 17 nitrogen and oxygen atoms in total. The van der Waals surface area contributed by atoms with Gasteiger partial charge < -0.3 is 33.8 Å². The van der Waals surface area contributed by atoms with E-state index >= 15 is 0 Å². The number of phosphoric ester groups is 2. The van der Waals surface area contributed by atoms with Gasteiger partial charge in [-0.1, -0.05) is 259 Å². The number of hydrogen-bond acceptors (Lipinski definition) is 15. The smallest absolute Gasteiger partial charge is 0.462 e. The van der Waals surface area contributed by atoms with Gasteiger partial charge in [0.1, 0.15) is 19.3 Å². The predicted octanol–water partition coefficient (Wildman–Crippen LogP) is 18.6. The van der Waals surface area contributed by atoms with Gasteiger partial charge in [-0.25, -0.2) is 9.13 Å². The first-order valence-corrected chi connectivity index (χ1v) is 37.7. The number of aliphatic hydroxyl groups excluding tert-OH is 1. The number of ether oxygens (including phenoxy) is 4. The van der Waals surface area contributed by atoms with Crippen LogP contribution in [0, 0.1) is 17.8 Å². The van der Waals surface area contributed by atoms with Crippen molar-refractivity contribution < 1.29 is 80.2 Å². The summed E-state index contributed by atoms with van der Waals surface area (Å²) in [6, 6.07) is 0. The van der Waals surface area contributed by atoms with Crippen molar-refractivity contribution in [2.45, 2.75) is 330 Å². The molecule has 0 amide bonds. The van der Waals surface area contributed by atoms with Crippen molar-refractivity contribution in [2.24, 2.45) is 17.8 Å². The van der Waals surface area contributed by atoms with Crippen LogP contribution in [0.25, 0.3) is 0 Å². The Morgan fingerprint density at radius 2 is 0.678 bits per heavy atom. The molecular weight excluding hydrogens is 1150 g/mol. The minimum absolute atomic E-state index is 0.0836. The van der Waals surface area contributed by atoms with Crippen LogP contribution in [0.15, 0.2) is 24.3 Å². The molecule has 0 bridgehead atoms. The highest BCUT2D eigenvalue weighted by Crippen LogP contribution is 2.45.